The molecule has 8 aromatic carbocycles. The molecule has 0 spiro atoms. The van der Waals surface area contributed by atoms with Crippen LogP contribution < -0.4 is 0 Å². The fraction of sp³-hybridized carbons (Fsp3) is 0. The van der Waals surface area contributed by atoms with Gasteiger partial charge in [0.2, 0.25) is 0 Å². The Bertz CT molecular complexity index is 3050. The fourth-order valence-electron chi connectivity index (χ4n) is 8.16. The normalized spacial score (nSPS) is 11.9. The number of fused-ring (bicyclic) bond motifs is 9. The second-order valence-electron chi connectivity index (χ2n) is 13.4. The van der Waals surface area contributed by atoms with E-state index in [1.165, 1.54) is 54.8 Å². The lowest BCUT2D eigenvalue weighted by molar-refractivity contribution is 0.669. The molecule has 0 saturated carbocycles. The van der Waals surface area contributed by atoms with Gasteiger partial charge in [-0.3, -0.25) is 0 Å². The first kappa shape index (κ1) is 28.0. The highest BCUT2D eigenvalue weighted by Gasteiger charge is 2.21. The van der Waals surface area contributed by atoms with Gasteiger partial charge in [0.05, 0.1) is 22.1 Å². The summed E-state index contributed by atoms with van der Waals surface area (Å²) in [6.45, 7) is 0. The molecule has 3 nitrogen and oxygen atoms in total. The SMILES string of the molecule is c1ccc(-c2cc(-c3ccccc3)cc(-n3c4ccccc4c4cc5c6cc7oc8ccccc8c7cc6n(-c6ccccc6)c5cc43)c2)cc1. The average molecular weight is 651 g/mol. The first-order valence-electron chi connectivity index (χ1n) is 17.4. The van der Waals surface area contributed by atoms with Crippen LogP contribution in [0.4, 0.5) is 0 Å². The summed E-state index contributed by atoms with van der Waals surface area (Å²) in [4.78, 5) is 0. The highest BCUT2D eigenvalue weighted by Crippen LogP contribution is 2.43. The quantitative estimate of drug-likeness (QED) is 0.186. The van der Waals surface area contributed by atoms with Crippen LogP contribution >= 0.6 is 0 Å². The summed E-state index contributed by atoms with van der Waals surface area (Å²) < 4.78 is 11.3. The summed E-state index contributed by atoms with van der Waals surface area (Å²) in [5.74, 6) is 0. The van der Waals surface area contributed by atoms with Gasteiger partial charge in [-0.1, -0.05) is 115 Å². The fourth-order valence-corrected chi connectivity index (χ4v) is 8.16. The molecule has 0 saturated heterocycles. The maximum atomic E-state index is 6.43. The predicted molar refractivity (Wildman–Crippen MR) is 213 cm³/mol. The van der Waals surface area contributed by atoms with Crippen LogP contribution in [0.15, 0.2) is 186 Å². The molecular weight excluding hydrogens is 621 g/mol. The Morgan fingerprint density at radius 1 is 0.275 bits per heavy atom. The van der Waals surface area contributed by atoms with Gasteiger partial charge in [-0.05, 0) is 89.0 Å². The van der Waals surface area contributed by atoms with Crippen LogP contribution in [-0.2, 0) is 0 Å². The molecular formula is C48H30N2O. The second kappa shape index (κ2) is 10.8. The number of hydrogen-bond donors (Lipinski definition) is 0. The van der Waals surface area contributed by atoms with Gasteiger partial charge in [0, 0.05) is 43.7 Å². The van der Waals surface area contributed by atoms with Gasteiger partial charge < -0.3 is 13.6 Å². The van der Waals surface area contributed by atoms with Crippen molar-refractivity contribution in [2.45, 2.75) is 0 Å². The highest BCUT2D eigenvalue weighted by molar-refractivity contribution is 6.22. The third-order valence-corrected chi connectivity index (χ3v) is 10.5. The highest BCUT2D eigenvalue weighted by atomic mass is 16.3. The van der Waals surface area contributed by atoms with Crippen molar-refractivity contribution in [3.63, 3.8) is 0 Å². The molecule has 51 heavy (non-hydrogen) atoms. The third-order valence-electron chi connectivity index (χ3n) is 10.5. The molecule has 3 heteroatoms. The molecule has 0 aliphatic carbocycles. The number of para-hydroxylation sites is 3. The summed E-state index contributed by atoms with van der Waals surface area (Å²) in [6, 6.07) is 65.6. The molecule has 3 heterocycles. The van der Waals surface area contributed by atoms with Crippen molar-refractivity contribution in [3.05, 3.63) is 182 Å². The minimum atomic E-state index is 0.907. The number of nitrogens with zero attached hydrogens (tertiary/aromatic N) is 2. The van der Waals surface area contributed by atoms with Crippen molar-refractivity contribution in [1.29, 1.82) is 0 Å². The molecule has 0 aliphatic rings. The van der Waals surface area contributed by atoms with Crippen LogP contribution in [0.5, 0.6) is 0 Å². The first-order valence-corrected chi connectivity index (χ1v) is 17.4. The molecule has 0 N–H and O–H groups in total. The second-order valence-corrected chi connectivity index (χ2v) is 13.4. The van der Waals surface area contributed by atoms with Crippen molar-refractivity contribution in [2.75, 3.05) is 0 Å². The minimum absolute atomic E-state index is 0.907. The van der Waals surface area contributed by atoms with Gasteiger partial charge in [0.1, 0.15) is 11.2 Å². The van der Waals surface area contributed by atoms with Gasteiger partial charge in [-0.2, -0.15) is 0 Å². The summed E-state index contributed by atoms with van der Waals surface area (Å²) in [5, 5.41) is 7.09. The van der Waals surface area contributed by atoms with Crippen molar-refractivity contribution in [1.82, 2.24) is 9.13 Å². The third kappa shape index (κ3) is 4.25. The van der Waals surface area contributed by atoms with Gasteiger partial charge in [0.15, 0.2) is 0 Å². The summed E-state index contributed by atoms with van der Waals surface area (Å²) in [7, 11) is 0. The molecule has 0 amide bonds. The zero-order valence-corrected chi connectivity index (χ0v) is 27.6. The number of rotatable bonds is 4. The number of furan rings is 1. The molecule has 0 bridgehead atoms. The van der Waals surface area contributed by atoms with E-state index in [1.807, 2.05) is 6.07 Å². The Labute approximate surface area is 293 Å². The summed E-state index contributed by atoms with van der Waals surface area (Å²) in [6.07, 6.45) is 0. The minimum Gasteiger partial charge on any atom is -0.456 e. The lowest BCUT2D eigenvalue weighted by Gasteiger charge is -2.14. The maximum Gasteiger partial charge on any atom is 0.136 e. The van der Waals surface area contributed by atoms with E-state index in [0.29, 0.717) is 0 Å². The van der Waals surface area contributed by atoms with Crippen molar-refractivity contribution >= 4 is 65.6 Å². The Hall–Kier alpha value is -6.84. The maximum absolute atomic E-state index is 6.43. The van der Waals surface area contributed by atoms with Crippen molar-refractivity contribution in [3.8, 4) is 33.6 Å². The molecule has 0 fully saturated rings. The van der Waals surface area contributed by atoms with Crippen LogP contribution in [0.2, 0.25) is 0 Å². The van der Waals surface area contributed by atoms with Crippen LogP contribution in [0.25, 0.3) is 99.2 Å². The average Bonchev–Trinajstić information content (AvgIpc) is 3.83. The Kier molecular flexibility index (Phi) is 5.96. The first-order chi connectivity index (χ1) is 25.3. The van der Waals surface area contributed by atoms with E-state index in [-0.39, 0.29) is 0 Å². The smallest absolute Gasteiger partial charge is 0.136 e. The van der Waals surface area contributed by atoms with Crippen molar-refractivity contribution < 1.29 is 4.42 Å². The molecule has 3 aromatic heterocycles. The van der Waals surface area contributed by atoms with Gasteiger partial charge in [-0.15, -0.1) is 0 Å². The van der Waals surface area contributed by atoms with Crippen LogP contribution in [-0.4, -0.2) is 9.13 Å². The molecule has 0 aliphatic heterocycles. The molecule has 0 atom stereocenters. The number of hydrogen-bond acceptors (Lipinski definition) is 1. The van der Waals surface area contributed by atoms with E-state index in [0.717, 1.165) is 44.3 Å². The molecule has 11 rings (SSSR count). The molecule has 0 radical (unpaired) electrons. The molecule has 11 aromatic rings. The molecule has 238 valence electrons. The monoisotopic (exact) mass is 650 g/mol. The predicted octanol–water partition coefficient (Wildman–Crippen LogP) is 13.1. The van der Waals surface area contributed by atoms with Gasteiger partial charge >= 0.3 is 0 Å². The van der Waals surface area contributed by atoms with E-state index >= 15 is 0 Å². The van der Waals surface area contributed by atoms with Crippen LogP contribution in [0.3, 0.4) is 0 Å². The Morgan fingerprint density at radius 3 is 1.51 bits per heavy atom. The van der Waals surface area contributed by atoms with Gasteiger partial charge in [0.25, 0.3) is 0 Å². The topological polar surface area (TPSA) is 23.0 Å². The lowest BCUT2D eigenvalue weighted by Crippen LogP contribution is -1.97. The zero-order chi connectivity index (χ0) is 33.5. The largest absolute Gasteiger partial charge is 0.456 e. The van der Waals surface area contributed by atoms with Gasteiger partial charge in [-0.25, -0.2) is 0 Å². The lowest BCUT2D eigenvalue weighted by atomic mass is 9.98. The van der Waals surface area contributed by atoms with Crippen LogP contribution in [0.1, 0.15) is 0 Å². The summed E-state index contributed by atoms with van der Waals surface area (Å²) in [5.41, 5.74) is 13.5. The van der Waals surface area contributed by atoms with E-state index in [9.17, 15) is 0 Å². The van der Waals surface area contributed by atoms with E-state index in [1.54, 1.807) is 0 Å². The number of aromatic nitrogens is 2. The Morgan fingerprint density at radius 2 is 0.804 bits per heavy atom. The summed E-state index contributed by atoms with van der Waals surface area (Å²) >= 11 is 0. The van der Waals surface area contributed by atoms with Crippen LogP contribution in [0, 0.1) is 0 Å². The zero-order valence-electron chi connectivity index (χ0n) is 27.6. The standard InChI is InChI=1S/C48H30N2O/c1-4-14-31(15-5-1)33-24-34(32-16-6-2-7-17-32)26-36(25-33)50-43-22-12-10-20-37(43)39-27-40-41-29-48-42(38-21-11-13-23-47(38)51-48)28-44(41)49(46(40)30-45(39)50)35-18-8-3-9-19-35/h1-30H. The Balaban J connectivity index is 1.27. The van der Waals surface area contributed by atoms with E-state index < -0.39 is 0 Å². The van der Waals surface area contributed by atoms with Crippen molar-refractivity contribution in [2.24, 2.45) is 0 Å². The van der Waals surface area contributed by atoms with E-state index in [4.69, 9.17) is 4.42 Å². The van der Waals surface area contributed by atoms with E-state index in [2.05, 4.69) is 185 Å². The number of benzene rings is 8. The molecule has 0 unspecified atom stereocenters.